The van der Waals surface area contributed by atoms with Crippen LogP contribution in [0, 0.1) is 0 Å². The predicted molar refractivity (Wildman–Crippen MR) is 105 cm³/mol. The van der Waals surface area contributed by atoms with Crippen molar-refractivity contribution in [2.24, 2.45) is 0 Å². The third-order valence-corrected chi connectivity index (χ3v) is 5.24. The van der Waals surface area contributed by atoms with Crippen molar-refractivity contribution in [2.75, 3.05) is 19.7 Å². The molecule has 0 saturated carbocycles. The highest BCUT2D eigenvalue weighted by Gasteiger charge is 2.21. The van der Waals surface area contributed by atoms with E-state index in [-0.39, 0.29) is 0 Å². The van der Waals surface area contributed by atoms with Gasteiger partial charge in [0.25, 0.3) is 0 Å². The van der Waals surface area contributed by atoms with Gasteiger partial charge >= 0.3 is 0 Å². The van der Waals surface area contributed by atoms with E-state index in [1.54, 1.807) is 0 Å². The topological polar surface area (TPSA) is 59.0 Å². The highest BCUT2D eigenvalue weighted by atomic mass is 16.5. The summed E-state index contributed by atoms with van der Waals surface area (Å²) in [4.78, 5) is 6.59. The van der Waals surface area contributed by atoms with Crippen molar-refractivity contribution in [3.05, 3.63) is 66.5 Å². The Bertz CT molecular complexity index is 792. The smallest absolute Gasteiger partial charge is 0.119 e. The molecule has 3 heterocycles. The molecule has 1 aliphatic heterocycles. The number of likely N-dealkylation sites (tertiary alicyclic amines) is 1. The van der Waals surface area contributed by atoms with Crippen LogP contribution in [0.3, 0.4) is 0 Å². The van der Waals surface area contributed by atoms with E-state index in [2.05, 4.69) is 48.9 Å². The molecule has 1 N–H and O–H groups in total. The average molecular weight is 365 g/mol. The zero-order chi connectivity index (χ0) is 18.3. The van der Waals surface area contributed by atoms with E-state index in [0.717, 1.165) is 45.0 Å². The van der Waals surface area contributed by atoms with Gasteiger partial charge in [0.1, 0.15) is 5.75 Å². The fraction of sp³-hybridized carbons (Fsp3) is 0.429. The molecule has 0 spiro atoms. The molecule has 1 fully saturated rings. The number of aryl methyl sites for hydroxylation is 1. The van der Waals surface area contributed by atoms with Gasteiger partial charge in [-0.3, -0.25) is 10.00 Å². The number of rotatable bonds is 8. The zero-order valence-electron chi connectivity index (χ0n) is 15.6. The van der Waals surface area contributed by atoms with Crippen LogP contribution in [0.4, 0.5) is 0 Å². The number of nitrogens with zero attached hydrogens (tertiary/aromatic N) is 4. The minimum Gasteiger partial charge on any atom is -0.494 e. The summed E-state index contributed by atoms with van der Waals surface area (Å²) >= 11 is 0. The molecule has 4 rings (SSSR count). The minimum absolute atomic E-state index is 0.619. The van der Waals surface area contributed by atoms with Crippen LogP contribution in [0.25, 0.3) is 0 Å². The predicted octanol–water partition coefficient (Wildman–Crippen LogP) is 3.45. The molecule has 0 unspecified atom stereocenters. The lowest BCUT2D eigenvalue weighted by Crippen LogP contribution is -2.32. The third kappa shape index (κ3) is 4.98. The van der Waals surface area contributed by atoms with Gasteiger partial charge in [0.2, 0.25) is 0 Å². The van der Waals surface area contributed by atoms with E-state index in [9.17, 15) is 0 Å². The Hall–Kier alpha value is -2.60. The van der Waals surface area contributed by atoms with Crippen molar-refractivity contribution >= 4 is 0 Å². The quantitative estimate of drug-likeness (QED) is 0.621. The molecule has 0 amide bonds. The van der Waals surface area contributed by atoms with Crippen LogP contribution in [-0.4, -0.2) is 44.3 Å². The van der Waals surface area contributed by atoms with Gasteiger partial charge in [0.15, 0.2) is 0 Å². The number of hydrogen-bond donors (Lipinski definition) is 1. The number of hydrogen-bond acceptors (Lipinski definition) is 4. The van der Waals surface area contributed by atoms with Crippen LogP contribution in [0.15, 0.2) is 55.2 Å². The van der Waals surface area contributed by atoms with E-state index in [1.165, 1.54) is 24.1 Å². The van der Waals surface area contributed by atoms with E-state index in [1.807, 2.05) is 31.0 Å². The maximum absolute atomic E-state index is 5.94. The van der Waals surface area contributed by atoms with Crippen molar-refractivity contribution in [2.45, 2.75) is 38.3 Å². The molecule has 0 radical (unpaired) electrons. The Labute approximate surface area is 160 Å². The summed E-state index contributed by atoms with van der Waals surface area (Å²) in [6.45, 7) is 4.89. The van der Waals surface area contributed by atoms with Crippen molar-refractivity contribution < 1.29 is 4.74 Å². The normalized spacial score (nSPS) is 15.9. The van der Waals surface area contributed by atoms with Gasteiger partial charge in [-0.05, 0) is 56.1 Å². The van der Waals surface area contributed by atoms with Crippen LogP contribution in [0.5, 0.6) is 5.75 Å². The summed E-state index contributed by atoms with van der Waals surface area (Å²) in [6, 6.07) is 10.6. The van der Waals surface area contributed by atoms with E-state index >= 15 is 0 Å². The van der Waals surface area contributed by atoms with Gasteiger partial charge < -0.3 is 9.30 Å². The van der Waals surface area contributed by atoms with Gasteiger partial charge in [0, 0.05) is 43.3 Å². The highest BCUT2D eigenvalue weighted by molar-refractivity contribution is 5.28. The molecule has 0 atom stereocenters. The molecule has 0 bridgehead atoms. The number of benzene rings is 1. The van der Waals surface area contributed by atoms with Crippen LogP contribution in [0.2, 0.25) is 0 Å². The first-order valence-corrected chi connectivity index (χ1v) is 9.76. The zero-order valence-corrected chi connectivity index (χ0v) is 15.6. The lowest BCUT2D eigenvalue weighted by atomic mass is 9.93. The molecule has 6 nitrogen and oxygen atoms in total. The maximum Gasteiger partial charge on any atom is 0.119 e. The minimum atomic E-state index is 0.619. The van der Waals surface area contributed by atoms with E-state index in [0.29, 0.717) is 5.92 Å². The molecular weight excluding hydrogens is 338 g/mol. The summed E-state index contributed by atoms with van der Waals surface area (Å²) < 4.78 is 8.01. The molecule has 142 valence electrons. The van der Waals surface area contributed by atoms with Gasteiger partial charge in [-0.2, -0.15) is 5.10 Å². The number of ether oxygens (including phenoxy) is 1. The molecule has 27 heavy (non-hydrogen) atoms. The van der Waals surface area contributed by atoms with Crippen molar-refractivity contribution in [1.29, 1.82) is 0 Å². The second-order valence-corrected chi connectivity index (χ2v) is 7.21. The van der Waals surface area contributed by atoms with Crippen LogP contribution in [-0.2, 0) is 13.1 Å². The van der Waals surface area contributed by atoms with Crippen molar-refractivity contribution in [1.82, 2.24) is 24.6 Å². The van der Waals surface area contributed by atoms with Gasteiger partial charge in [-0.15, -0.1) is 0 Å². The van der Waals surface area contributed by atoms with Gasteiger partial charge in [-0.25, -0.2) is 4.98 Å². The summed E-state index contributed by atoms with van der Waals surface area (Å²) in [6.07, 6.45) is 10.8. The van der Waals surface area contributed by atoms with Gasteiger partial charge in [-0.1, -0.05) is 12.1 Å². The fourth-order valence-corrected chi connectivity index (χ4v) is 3.74. The third-order valence-electron chi connectivity index (χ3n) is 5.24. The molecule has 2 aromatic heterocycles. The number of imidazole rings is 1. The number of nitrogens with one attached hydrogen (secondary N) is 1. The molecule has 0 aliphatic carbocycles. The number of aromatic nitrogens is 4. The molecule has 3 aromatic rings. The molecular formula is C21H27N5O. The maximum atomic E-state index is 5.94. The molecule has 6 heteroatoms. The SMILES string of the molecule is c1cc(CN2CCC(c3ccn[nH]3)CC2)cc(OCCCn2ccnc2)c1. The summed E-state index contributed by atoms with van der Waals surface area (Å²) in [7, 11) is 0. The fourth-order valence-electron chi connectivity index (χ4n) is 3.74. The Morgan fingerprint density at radius 1 is 1.15 bits per heavy atom. The Morgan fingerprint density at radius 2 is 2.07 bits per heavy atom. The van der Waals surface area contributed by atoms with E-state index in [4.69, 9.17) is 4.74 Å². The number of H-pyrrole nitrogens is 1. The average Bonchev–Trinajstić information content (AvgIpc) is 3.40. The second kappa shape index (κ2) is 8.86. The van der Waals surface area contributed by atoms with E-state index < -0.39 is 0 Å². The lowest BCUT2D eigenvalue weighted by molar-refractivity contribution is 0.203. The van der Waals surface area contributed by atoms with Crippen LogP contribution in [0.1, 0.15) is 36.4 Å². The molecule has 1 aromatic carbocycles. The first kappa shape index (κ1) is 17.8. The summed E-state index contributed by atoms with van der Waals surface area (Å²) in [5.74, 6) is 1.58. The Morgan fingerprint density at radius 3 is 2.85 bits per heavy atom. The first-order valence-electron chi connectivity index (χ1n) is 9.76. The standard InChI is InChI=1S/C21H27N5O/c1-3-18(15-20(4-1)27-14-2-10-26-13-9-22-17-26)16-25-11-6-19(7-12-25)21-5-8-23-24-21/h1,3-5,8-9,13,15,17,19H,2,6-7,10-12,14,16H2,(H,23,24). The van der Waals surface area contributed by atoms with Crippen LogP contribution >= 0.6 is 0 Å². The van der Waals surface area contributed by atoms with Crippen molar-refractivity contribution in [3.8, 4) is 5.75 Å². The Balaban J connectivity index is 1.22. The first-order chi connectivity index (χ1) is 13.4. The van der Waals surface area contributed by atoms with Gasteiger partial charge in [0.05, 0.1) is 12.9 Å². The largest absolute Gasteiger partial charge is 0.494 e. The highest BCUT2D eigenvalue weighted by Crippen LogP contribution is 2.27. The van der Waals surface area contributed by atoms with Crippen LogP contribution < -0.4 is 4.74 Å². The molecule has 1 saturated heterocycles. The monoisotopic (exact) mass is 365 g/mol. The number of piperidine rings is 1. The Kier molecular flexibility index (Phi) is 5.84. The summed E-state index contributed by atoms with van der Waals surface area (Å²) in [5, 5.41) is 7.20. The number of aromatic amines is 1. The second-order valence-electron chi connectivity index (χ2n) is 7.21. The lowest BCUT2D eigenvalue weighted by Gasteiger charge is -2.31. The van der Waals surface area contributed by atoms with Crippen molar-refractivity contribution in [3.63, 3.8) is 0 Å². The molecule has 1 aliphatic rings. The summed E-state index contributed by atoms with van der Waals surface area (Å²) in [5.41, 5.74) is 2.60.